The lowest BCUT2D eigenvalue weighted by Gasteiger charge is -2.37. The van der Waals surface area contributed by atoms with E-state index < -0.39 is 21.4 Å². The summed E-state index contributed by atoms with van der Waals surface area (Å²) in [6.45, 7) is 4.05. The van der Waals surface area contributed by atoms with Crippen LogP contribution in [0.2, 0.25) is 0 Å². The summed E-state index contributed by atoms with van der Waals surface area (Å²) in [5.41, 5.74) is 2.45. The van der Waals surface area contributed by atoms with Gasteiger partial charge in [0.05, 0.1) is 10.8 Å². The van der Waals surface area contributed by atoms with Gasteiger partial charge in [-0.1, -0.05) is 61.0 Å². The maximum absolute atomic E-state index is 12.9. The van der Waals surface area contributed by atoms with Crippen LogP contribution >= 0.6 is 0 Å². The first-order valence-electron chi connectivity index (χ1n) is 8.24. The number of amides is 1. The number of hydrogen-bond acceptors (Lipinski definition) is 3. The average Bonchev–Trinajstić information content (AvgIpc) is 2.77. The minimum atomic E-state index is -3.82. The van der Waals surface area contributed by atoms with Crippen LogP contribution in [0.3, 0.4) is 0 Å². The van der Waals surface area contributed by atoms with Gasteiger partial charge in [0.1, 0.15) is 0 Å². The number of sulfonamides is 1. The molecule has 128 valence electrons. The van der Waals surface area contributed by atoms with Gasteiger partial charge >= 0.3 is 0 Å². The summed E-state index contributed by atoms with van der Waals surface area (Å²) < 4.78 is 26.9. The molecule has 1 saturated heterocycles. The first-order valence-corrected chi connectivity index (χ1v) is 9.68. The van der Waals surface area contributed by atoms with Crippen molar-refractivity contribution in [3.8, 4) is 0 Å². The molecule has 0 saturated carbocycles. The second-order valence-corrected chi connectivity index (χ2v) is 8.93. The lowest BCUT2D eigenvalue weighted by atomic mass is 9.63. The predicted molar refractivity (Wildman–Crippen MR) is 96.1 cm³/mol. The Morgan fingerprint density at radius 3 is 2.32 bits per heavy atom. The van der Waals surface area contributed by atoms with Crippen molar-refractivity contribution in [1.29, 1.82) is 0 Å². The minimum absolute atomic E-state index is 0.164. The van der Waals surface area contributed by atoms with E-state index in [2.05, 4.69) is 0 Å². The molecule has 1 fully saturated rings. The average molecular weight is 353 g/mol. The Morgan fingerprint density at radius 1 is 1.04 bits per heavy atom. The lowest BCUT2D eigenvalue weighted by molar-refractivity contribution is -0.126. The number of carbonyl (C=O) groups excluding carboxylic acids is 1. The van der Waals surface area contributed by atoms with E-state index in [-0.39, 0.29) is 17.3 Å². The zero-order valence-electron chi connectivity index (χ0n) is 14.1. The molecule has 1 heterocycles. The van der Waals surface area contributed by atoms with Gasteiger partial charge in [0, 0.05) is 12.0 Å². The number of benzene rings is 2. The molecule has 0 N–H and O–H groups in total. The summed E-state index contributed by atoms with van der Waals surface area (Å²) >= 11 is 0. The molecule has 0 spiro atoms. The number of carbonyl (C=O) groups is 1. The SMILES string of the molecule is Cc1ccc(S(=O)(=O)N2CC3(C)C=C(c4ccccc4)C3C2=O)cc1. The molecule has 2 aromatic carbocycles. The molecule has 2 atom stereocenters. The molecule has 1 amide bonds. The summed E-state index contributed by atoms with van der Waals surface area (Å²) in [6, 6.07) is 16.3. The maximum Gasteiger partial charge on any atom is 0.266 e. The van der Waals surface area contributed by atoms with E-state index in [1.807, 2.05) is 50.3 Å². The molecule has 5 heteroatoms. The van der Waals surface area contributed by atoms with Crippen LogP contribution in [0.1, 0.15) is 18.1 Å². The first-order chi connectivity index (χ1) is 11.8. The lowest BCUT2D eigenvalue weighted by Crippen LogP contribution is -2.35. The van der Waals surface area contributed by atoms with Crippen LogP contribution in [0.25, 0.3) is 5.57 Å². The van der Waals surface area contributed by atoms with Crippen LogP contribution in [0.15, 0.2) is 65.6 Å². The van der Waals surface area contributed by atoms with Crippen molar-refractivity contribution in [3.05, 3.63) is 71.8 Å². The van der Waals surface area contributed by atoms with E-state index in [9.17, 15) is 13.2 Å². The van der Waals surface area contributed by atoms with E-state index in [1.165, 1.54) is 0 Å². The van der Waals surface area contributed by atoms with Gasteiger partial charge in [-0.25, -0.2) is 12.7 Å². The largest absolute Gasteiger partial charge is 0.273 e. The van der Waals surface area contributed by atoms with Crippen molar-refractivity contribution < 1.29 is 13.2 Å². The quantitative estimate of drug-likeness (QED) is 0.851. The second-order valence-electron chi connectivity index (χ2n) is 7.07. The zero-order valence-corrected chi connectivity index (χ0v) is 15.0. The smallest absolute Gasteiger partial charge is 0.266 e. The molecule has 0 radical (unpaired) electrons. The van der Waals surface area contributed by atoms with Crippen molar-refractivity contribution in [1.82, 2.24) is 4.31 Å². The summed E-state index contributed by atoms with van der Waals surface area (Å²) in [5.74, 6) is -0.723. The van der Waals surface area contributed by atoms with Gasteiger partial charge in [-0.05, 0) is 30.2 Å². The van der Waals surface area contributed by atoms with Gasteiger partial charge in [-0.2, -0.15) is 0 Å². The Labute approximate surface area is 147 Å². The number of aryl methyl sites for hydroxylation is 1. The van der Waals surface area contributed by atoms with Crippen LogP contribution < -0.4 is 0 Å². The summed E-state index contributed by atoms with van der Waals surface area (Å²) in [4.78, 5) is 13.1. The fourth-order valence-corrected chi connectivity index (χ4v) is 5.31. The van der Waals surface area contributed by atoms with Gasteiger partial charge < -0.3 is 0 Å². The third kappa shape index (κ3) is 2.34. The van der Waals surface area contributed by atoms with Gasteiger partial charge in [-0.15, -0.1) is 0 Å². The Bertz CT molecular complexity index is 977. The van der Waals surface area contributed by atoms with Gasteiger partial charge in [0.15, 0.2) is 0 Å². The third-order valence-corrected chi connectivity index (χ3v) is 6.91. The van der Waals surface area contributed by atoms with Crippen LogP contribution in [0.4, 0.5) is 0 Å². The highest BCUT2D eigenvalue weighted by Crippen LogP contribution is 2.55. The Balaban J connectivity index is 1.68. The molecule has 4 rings (SSSR count). The molecular weight excluding hydrogens is 334 g/mol. The Kier molecular flexibility index (Phi) is 3.41. The molecule has 0 bridgehead atoms. The standard InChI is InChI=1S/C20H19NO3S/c1-14-8-10-16(11-9-14)25(23,24)21-13-20(2)12-17(18(20)19(21)22)15-6-4-3-5-7-15/h3-12,18H,13H2,1-2H3. The van der Waals surface area contributed by atoms with E-state index in [1.54, 1.807) is 24.3 Å². The first kappa shape index (κ1) is 16.1. The fraction of sp³-hybridized carbons (Fsp3) is 0.250. The van der Waals surface area contributed by atoms with Crippen molar-refractivity contribution in [2.75, 3.05) is 6.54 Å². The molecule has 1 aliphatic carbocycles. The van der Waals surface area contributed by atoms with Gasteiger partial charge in [0.25, 0.3) is 10.0 Å². The molecule has 2 aliphatic rings. The summed E-state index contributed by atoms with van der Waals surface area (Å²) in [5, 5.41) is 0. The predicted octanol–water partition coefficient (Wildman–Crippen LogP) is 3.25. The van der Waals surface area contributed by atoms with Crippen molar-refractivity contribution in [2.45, 2.75) is 18.7 Å². The molecular formula is C20H19NO3S. The monoisotopic (exact) mass is 353 g/mol. The molecule has 0 aromatic heterocycles. The van der Waals surface area contributed by atoms with E-state index >= 15 is 0 Å². The van der Waals surface area contributed by atoms with Crippen molar-refractivity contribution >= 4 is 21.5 Å². The van der Waals surface area contributed by atoms with Crippen molar-refractivity contribution in [3.63, 3.8) is 0 Å². The van der Waals surface area contributed by atoms with Crippen LogP contribution in [-0.4, -0.2) is 25.2 Å². The third-order valence-electron chi connectivity index (χ3n) is 5.15. The topological polar surface area (TPSA) is 54.5 Å². The number of nitrogens with zero attached hydrogens (tertiary/aromatic N) is 1. The fourth-order valence-electron chi connectivity index (χ4n) is 3.79. The zero-order chi connectivity index (χ0) is 17.8. The van der Waals surface area contributed by atoms with E-state index in [0.717, 1.165) is 21.0 Å². The number of hydrogen-bond donors (Lipinski definition) is 0. The molecule has 25 heavy (non-hydrogen) atoms. The molecule has 4 nitrogen and oxygen atoms in total. The van der Waals surface area contributed by atoms with Crippen LogP contribution in [-0.2, 0) is 14.8 Å². The molecule has 2 unspecified atom stereocenters. The minimum Gasteiger partial charge on any atom is -0.273 e. The van der Waals surface area contributed by atoms with Gasteiger partial charge in [0.2, 0.25) is 5.91 Å². The van der Waals surface area contributed by atoms with E-state index in [0.29, 0.717) is 0 Å². The highest BCUT2D eigenvalue weighted by Gasteiger charge is 2.58. The summed E-state index contributed by atoms with van der Waals surface area (Å²) in [6.07, 6.45) is 2.04. The molecule has 1 aliphatic heterocycles. The maximum atomic E-state index is 12.9. The highest BCUT2D eigenvalue weighted by molar-refractivity contribution is 7.89. The molecule has 2 aromatic rings. The normalized spacial score (nSPS) is 25.4. The Hall–Kier alpha value is -2.40. The second kappa shape index (κ2) is 5.30. The highest BCUT2D eigenvalue weighted by atomic mass is 32.2. The number of rotatable bonds is 3. The number of fused-ring (bicyclic) bond motifs is 1. The van der Waals surface area contributed by atoms with Crippen LogP contribution in [0.5, 0.6) is 0 Å². The van der Waals surface area contributed by atoms with Crippen LogP contribution in [0, 0.1) is 18.3 Å². The summed E-state index contributed by atoms with van der Waals surface area (Å²) in [7, 11) is -3.82. The van der Waals surface area contributed by atoms with Crippen molar-refractivity contribution in [2.24, 2.45) is 11.3 Å². The van der Waals surface area contributed by atoms with Gasteiger partial charge in [-0.3, -0.25) is 4.79 Å². The van der Waals surface area contributed by atoms with E-state index in [4.69, 9.17) is 0 Å². The Morgan fingerprint density at radius 2 is 1.68 bits per heavy atom.